The number of rotatable bonds is 4. The van der Waals surface area contributed by atoms with Crippen molar-refractivity contribution < 1.29 is 4.74 Å². The van der Waals surface area contributed by atoms with Gasteiger partial charge >= 0.3 is 0 Å². The van der Waals surface area contributed by atoms with Crippen molar-refractivity contribution in [3.63, 3.8) is 0 Å². The highest BCUT2D eigenvalue weighted by atomic mass is 16.5. The molecule has 96 valence electrons. The van der Waals surface area contributed by atoms with E-state index in [1.54, 1.807) is 6.33 Å². The Morgan fingerprint density at radius 2 is 2.44 bits per heavy atom. The summed E-state index contributed by atoms with van der Waals surface area (Å²) in [5, 5.41) is 0. The third-order valence-electron chi connectivity index (χ3n) is 3.56. The molecule has 0 saturated carbocycles. The lowest BCUT2D eigenvalue weighted by Gasteiger charge is -2.10. The monoisotopic (exact) mass is 246 g/mol. The zero-order valence-corrected chi connectivity index (χ0v) is 10.6. The summed E-state index contributed by atoms with van der Waals surface area (Å²) < 4.78 is 7.59. The normalized spacial score (nSPS) is 19.5. The summed E-state index contributed by atoms with van der Waals surface area (Å²) in [5.41, 5.74) is 2.01. The molecular weight excluding hydrogens is 228 g/mol. The van der Waals surface area contributed by atoms with Crippen molar-refractivity contribution in [2.24, 2.45) is 5.92 Å². The van der Waals surface area contributed by atoms with Gasteiger partial charge < -0.3 is 14.3 Å². The summed E-state index contributed by atoms with van der Waals surface area (Å²) in [7, 11) is 0. The van der Waals surface area contributed by atoms with Crippen molar-refractivity contribution in [2.45, 2.75) is 26.3 Å². The van der Waals surface area contributed by atoms with Gasteiger partial charge in [0.2, 0.25) is 0 Å². The molecule has 2 aromatic rings. The van der Waals surface area contributed by atoms with Crippen molar-refractivity contribution in [3.05, 3.63) is 24.4 Å². The molecule has 0 bridgehead atoms. The Labute approximate surface area is 106 Å². The molecule has 3 rings (SSSR count). The number of hydrogen-bond acceptors (Lipinski definition) is 3. The molecule has 1 aliphatic rings. The molecule has 5 heteroatoms. The Kier molecular flexibility index (Phi) is 3.15. The summed E-state index contributed by atoms with van der Waals surface area (Å²) in [6, 6.07) is 0. The molecule has 0 aliphatic carbocycles. The van der Waals surface area contributed by atoms with Gasteiger partial charge in [-0.05, 0) is 25.7 Å². The van der Waals surface area contributed by atoms with Gasteiger partial charge in [0.05, 0.1) is 6.33 Å². The topological polar surface area (TPSA) is 55.7 Å². The Bertz CT molecular complexity index is 511. The minimum Gasteiger partial charge on any atom is -0.381 e. The van der Waals surface area contributed by atoms with Gasteiger partial charge in [0.15, 0.2) is 5.82 Å². The Morgan fingerprint density at radius 3 is 3.17 bits per heavy atom. The van der Waals surface area contributed by atoms with Crippen LogP contribution in [-0.4, -0.2) is 32.7 Å². The van der Waals surface area contributed by atoms with Crippen LogP contribution in [0, 0.1) is 12.8 Å². The lowest BCUT2D eigenvalue weighted by molar-refractivity contribution is 0.183. The van der Waals surface area contributed by atoms with Crippen LogP contribution in [0.25, 0.3) is 11.5 Å². The van der Waals surface area contributed by atoms with Crippen LogP contribution in [0.5, 0.6) is 0 Å². The first kappa shape index (κ1) is 11.5. The van der Waals surface area contributed by atoms with Gasteiger partial charge in [0, 0.05) is 37.8 Å². The van der Waals surface area contributed by atoms with E-state index in [9.17, 15) is 0 Å². The Morgan fingerprint density at radius 1 is 1.50 bits per heavy atom. The largest absolute Gasteiger partial charge is 0.381 e. The molecule has 1 atom stereocenters. The number of aromatic amines is 1. The molecule has 0 amide bonds. The molecule has 1 N–H and O–H groups in total. The summed E-state index contributed by atoms with van der Waals surface area (Å²) >= 11 is 0. The summed E-state index contributed by atoms with van der Waals surface area (Å²) in [6.07, 6.45) is 7.92. The average molecular weight is 246 g/mol. The maximum absolute atomic E-state index is 5.41. The quantitative estimate of drug-likeness (QED) is 0.897. The predicted octanol–water partition coefficient (Wildman–Crippen LogP) is 2.01. The summed E-state index contributed by atoms with van der Waals surface area (Å²) in [6.45, 7) is 4.83. The van der Waals surface area contributed by atoms with Gasteiger partial charge in [-0.25, -0.2) is 9.97 Å². The lowest BCUT2D eigenvalue weighted by Crippen LogP contribution is -2.07. The molecule has 0 spiro atoms. The SMILES string of the molecule is Cc1[nH]cnc1-c1nccn1CCC1CCOC1. The van der Waals surface area contributed by atoms with E-state index >= 15 is 0 Å². The van der Waals surface area contributed by atoms with Crippen molar-refractivity contribution in [1.82, 2.24) is 19.5 Å². The smallest absolute Gasteiger partial charge is 0.160 e. The Balaban J connectivity index is 1.73. The van der Waals surface area contributed by atoms with Crippen LogP contribution in [0.3, 0.4) is 0 Å². The minimum absolute atomic E-state index is 0.695. The number of aromatic nitrogens is 4. The van der Waals surface area contributed by atoms with Crippen LogP contribution in [-0.2, 0) is 11.3 Å². The van der Waals surface area contributed by atoms with Crippen LogP contribution < -0.4 is 0 Å². The standard InChI is InChI=1S/C13H18N4O/c1-10-12(16-9-15-10)13-14-4-6-17(13)5-2-11-3-7-18-8-11/h4,6,9,11H,2-3,5,7-8H2,1H3,(H,15,16). The van der Waals surface area contributed by atoms with E-state index in [-0.39, 0.29) is 0 Å². The summed E-state index contributed by atoms with van der Waals surface area (Å²) in [4.78, 5) is 11.8. The highest BCUT2D eigenvalue weighted by Gasteiger charge is 2.17. The molecule has 5 nitrogen and oxygen atoms in total. The van der Waals surface area contributed by atoms with E-state index in [0.29, 0.717) is 5.92 Å². The van der Waals surface area contributed by atoms with Crippen molar-refractivity contribution >= 4 is 0 Å². The molecule has 18 heavy (non-hydrogen) atoms. The van der Waals surface area contributed by atoms with E-state index in [0.717, 1.165) is 43.4 Å². The average Bonchev–Trinajstić information content (AvgIpc) is 3.06. The van der Waals surface area contributed by atoms with Crippen LogP contribution in [0.1, 0.15) is 18.5 Å². The van der Waals surface area contributed by atoms with Gasteiger partial charge in [-0.3, -0.25) is 0 Å². The van der Waals surface area contributed by atoms with Gasteiger partial charge in [-0.1, -0.05) is 0 Å². The second-order valence-corrected chi connectivity index (χ2v) is 4.84. The number of ether oxygens (including phenoxy) is 1. The number of hydrogen-bond donors (Lipinski definition) is 1. The molecular formula is C13H18N4O. The number of nitrogens with zero attached hydrogens (tertiary/aromatic N) is 3. The van der Waals surface area contributed by atoms with E-state index in [4.69, 9.17) is 4.74 Å². The second-order valence-electron chi connectivity index (χ2n) is 4.84. The highest BCUT2D eigenvalue weighted by molar-refractivity contribution is 5.52. The third kappa shape index (κ3) is 2.18. The van der Waals surface area contributed by atoms with Gasteiger partial charge in [0.1, 0.15) is 5.69 Å². The first-order chi connectivity index (χ1) is 8.84. The van der Waals surface area contributed by atoms with Crippen molar-refractivity contribution in [3.8, 4) is 11.5 Å². The lowest BCUT2D eigenvalue weighted by atomic mass is 10.1. The van der Waals surface area contributed by atoms with Crippen LogP contribution in [0.2, 0.25) is 0 Å². The third-order valence-corrected chi connectivity index (χ3v) is 3.56. The minimum atomic E-state index is 0.695. The highest BCUT2D eigenvalue weighted by Crippen LogP contribution is 2.21. The second kappa shape index (κ2) is 4.94. The maximum Gasteiger partial charge on any atom is 0.160 e. The molecule has 1 aliphatic heterocycles. The first-order valence-corrected chi connectivity index (χ1v) is 6.44. The Hall–Kier alpha value is -1.62. The number of H-pyrrole nitrogens is 1. The van der Waals surface area contributed by atoms with E-state index in [1.165, 1.54) is 6.42 Å². The van der Waals surface area contributed by atoms with Crippen LogP contribution in [0.4, 0.5) is 0 Å². The fraction of sp³-hybridized carbons (Fsp3) is 0.538. The molecule has 2 aromatic heterocycles. The van der Waals surface area contributed by atoms with Gasteiger partial charge in [0.25, 0.3) is 0 Å². The molecule has 1 saturated heterocycles. The number of aryl methyl sites for hydroxylation is 2. The molecule has 3 heterocycles. The fourth-order valence-electron chi connectivity index (χ4n) is 2.42. The van der Waals surface area contributed by atoms with Crippen LogP contribution >= 0.6 is 0 Å². The molecule has 0 aromatic carbocycles. The molecule has 1 unspecified atom stereocenters. The maximum atomic E-state index is 5.41. The summed E-state index contributed by atoms with van der Waals surface area (Å²) in [5.74, 6) is 1.65. The zero-order valence-electron chi connectivity index (χ0n) is 10.6. The van der Waals surface area contributed by atoms with E-state index < -0.39 is 0 Å². The van der Waals surface area contributed by atoms with Crippen LogP contribution in [0.15, 0.2) is 18.7 Å². The number of imidazole rings is 2. The zero-order chi connectivity index (χ0) is 12.4. The fourth-order valence-corrected chi connectivity index (χ4v) is 2.42. The molecule has 1 fully saturated rings. The molecule has 0 radical (unpaired) electrons. The van der Waals surface area contributed by atoms with Gasteiger partial charge in [-0.2, -0.15) is 0 Å². The van der Waals surface area contributed by atoms with E-state index in [2.05, 4.69) is 19.5 Å². The number of nitrogens with one attached hydrogen (secondary N) is 1. The van der Waals surface area contributed by atoms with Gasteiger partial charge in [-0.15, -0.1) is 0 Å². The first-order valence-electron chi connectivity index (χ1n) is 6.44. The van der Waals surface area contributed by atoms with Crippen molar-refractivity contribution in [2.75, 3.05) is 13.2 Å². The van der Waals surface area contributed by atoms with E-state index in [1.807, 2.05) is 19.3 Å². The van der Waals surface area contributed by atoms with Crippen molar-refractivity contribution in [1.29, 1.82) is 0 Å². The predicted molar refractivity (Wildman–Crippen MR) is 68.1 cm³/mol.